The van der Waals surface area contributed by atoms with E-state index in [1.807, 2.05) is 6.21 Å². The maximum atomic E-state index is 6.97. The van der Waals surface area contributed by atoms with Crippen molar-refractivity contribution in [3.8, 4) is 0 Å². The van der Waals surface area contributed by atoms with Crippen molar-refractivity contribution in [1.82, 2.24) is 0 Å². The highest BCUT2D eigenvalue weighted by Gasteiger charge is 2.21. The lowest BCUT2D eigenvalue weighted by Crippen LogP contribution is -2.12. The fraction of sp³-hybridized carbons (Fsp3) is 0.714. The molecule has 1 N–H and O–H groups in total. The van der Waals surface area contributed by atoms with Crippen LogP contribution in [0.5, 0.6) is 0 Å². The minimum absolute atomic E-state index is 0.0284. The molecule has 62 valence electrons. The van der Waals surface area contributed by atoms with Gasteiger partial charge in [-0.05, 0) is 12.8 Å². The molecular formula is C7H11IN2O. The third-order valence-corrected chi connectivity index (χ3v) is 2.01. The molecule has 11 heavy (non-hydrogen) atoms. The highest BCUT2D eigenvalue weighted by Crippen LogP contribution is 2.16. The first kappa shape index (κ1) is 9.12. The Bertz CT molecular complexity index is 161. The molecule has 0 aromatic rings. The standard InChI is InChI=1S/C7H11IN2O/c8-5-10-4-7-2-1-6(3-9)11-7/h3-4,6-7,9H,1-2,5H2/b9-3?,10-4+. The van der Waals surface area contributed by atoms with E-state index in [1.165, 1.54) is 6.21 Å². The molecule has 0 amide bonds. The quantitative estimate of drug-likeness (QED) is 0.359. The van der Waals surface area contributed by atoms with E-state index in [4.69, 9.17) is 10.1 Å². The number of rotatable bonds is 3. The number of nitrogens with one attached hydrogen (secondary N) is 1. The van der Waals surface area contributed by atoms with Crippen molar-refractivity contribution >= 4 is 35.0 Å². The van der Waals surface area contributed by atoms with Crippen LogP contribution in [-0.2, 0) is 4.74 Å². The van der Waals surface area contributed by atoms with Crippen LogP contribution in [0.1, 0.15) is 12.8 Å². The molecule has 1 rings (SSSR count). The van der Waals surface area contributed by atoms with Crippen LogP contribution < -0.4 is 0 Å². The first-order chi connectivity index (χ1) is 5.36. The molecular weight excluding hydrogens is 255 g/mol. The summed E-state index contributed by atoms with van der Waals surface area (Å²) in [6, 6.07) is 0. The van der Waals surface area contributed by atoms with E-state index in [1.54, 1.807) is 0 Å². The lowest BCUT2D eigenvalue weighted by molar-refractivity contribution is 0.128. The summed E-state index contributed by atoms with van der Waals surface area (Å²) in [5, 5.41) is 6.97. The molecule has 2 atom stereocenters. The van der Waals surface area contributed by atoms with Gasteiger partial charge in [0.25, 0.3) is 0 Å². The fourth-order valence-electron chi connectivity index (χ4n) is 1.08. The number of hydrogen-bond donors (Lipinski definition) is 1. The number of aliphatic imine (C=N–C) groups is 1. The second-order valence-electron chi connectivity index (χ2n) is 2.41. The van der Waals surface area contributed by atoms with Crippen molar-refractivity contribution < 1.29 is 4.74 Å². The van der Waals surface area contributed by atoms with Crippen LogP contribution >= 0.6 is 22.6 Å². The number of halogens is 1. The third kappa shape index (κ3) is 2.86. The Kier molecular flexibility index (Phi) is 3.99. The number of alkyl halides is 1. The Balaban J connectivity index is 2.29. The highest BCUT2D eigenvalue weighted by atomic mass is 127. The molecule has 1 fully saturated rings. The molecule has 1 saturated heterocycles. The minimum Gasteiger partial charge on any atom is -0.364 e. The molecule has 0 aliphatic carbocycles. The molecule has 0 spiro atoms. The largest absolute Gasteiger partial charge is 0.364 e. The minimum atomic E-state index is 0.0284. The Morgan fingerprint density at radius 3 is 2.82 bits per heavy atom. The zero-order chi connectivity index (χ0) is 8.10. The van der Waals surface area contributed by atoms with Crippen LogP contribution in [-0.4, -0.2) is 29.2 Å². The Morgan fingerprint density at radius 2 is 2.27 bits per heavy atom. The summed E-state index contributed by atoms with van der Waals surface area (Å²) in [5.41, 5.74) is 0. The van der Waals surface area contributed by atoms with Gasteiger partial charge in [0.05, 0.1) is 16.8 Å². The molecule has 3 nitrogen and oxygen atoms in total. The van der Waals surface area contributed by atoms with Gasteiger partial charge in [0.1, 0.15) is 0 Å². The average molecular weight is 266 g/mol. The van der Waals surface area contributed by atoms with E-state index in [-0.39, 0.29) is 12.2 Å². The second-order valence-corrected chi connectivity index (χ2v) is 3.09. The maximum Gasteiger partial charge on any atom is 0.0931 e. The third-order valence-electron chi connectivity index (χ3n) is 1.61. The van der Waals surface area contributed by atoms with Crippen molar-refractivity contribution in [3.63, 3.8) is 0 Å². The lowest BCUT2D eigenvalue weighted by atomic mass is 10.2. The summed E-state index contributed by atoms with van der Waals surface area (Å²) in [4.78, 5) is 4.08. The molecule has 0 aromatic heterocycles. The summed E-state index contributed by atoms with van der Waals surface area (Å²) in [6.07, 6.45) is 5.34. The Hall–Kier alpha value is 0.0300. The molecule has 4 heteroatoms. The first-order valence-corrected chi connectivity index (χ1v) is 5.11. The van der Waals surface area contributed by atoms with Gasteiger partial charge in [-0.15, -0.1) is 0 Å². The summed E-state index contributed by atoms with van der Waals surface area (Å²) in [5.74, 6) is 0. The van der Waals surface area contributed by atoms with Gasteiger partial charge in [0.15, 0.2) is 0 Å². The van der Waals surface area contributed by atoms with E-state index in [9.17, 15) is 0 Å². The summed E-state index contributed by atoms with van der Waals surface area (Å²) < 4.78 is 6.20. The monoisotopic (exact) mass is 266 g/mol. The van der Waals surface area contributed by atoms with Gasteiger partial charge in [0, 0.05) is 12.4 Å². The molecule has 0 bridgehead atoms. The van der Waals surface area contributed by atoms with Crippen molar-refractivity contribution in [1.29, 1.82) is 5.41 Å². The first-order valence-electron chi connectivity index (χ1n) is 3.58. The molecule has 1 aliphatic heterocycles. The predicted molar refractivity (Wildman–Crippen MR) is 54.1 cm³/mol. The number of ether oxygens (including phenoxy) is 1. The average Bonchev–Trinajstić information content (AvgIpc) is 2.48. The van der Waals surface area contributed by atoms with Crippen LogP contribution in [0.2, 0.25) is 0 Å². The maximum absolute atomic E-state index is 6.97. The summed E-state index contributed by atoms with van der Waals surface area (Å²) in [6.45, 7) is 0. The second kappa shape index (κ2) is 4.82. The van der Waals surface area contributed by atoms with Crippen LogP contribution in [0.25, 0.3) is 0 Å². The van der Waals surface area contributed by atoms with Gasteiger partial charge in [-0.2, -0.15) is 0 Å². The summed E-state index contributed by atoms with van der Waals surface area (Å²) in [7, 11) is 0. The van der Waals surface area contributed by atoms with Crippen LogP contribution in [0.3, 0.4) is 0 Å². The molecule has 0 radical (unpaired) electrons. The van der Waals surface area contributed by atoms with Gasteiger partial charge in [-0.3, -0.25) is 4.99 Å². The van der Waals surface area contributed by atoms with Gasteiger partial charge in [-0.25, -0.2) is 0 Å². The molecule has 0 aromatic carbocycles. The van der Waals surface area contributed by atoms with Crippen molar-refractivity contribution in [3.05, 3.63) is 0 Å². The van der Waals surface area contributed by atoms with Crippen LogP contribution in [0.4, 0.5) is 0 Å². The molecule has 2 unspecified atom stereocenters. The van der Waals surface area contributed by atoms with Gasteiger partial charge in [0.2, 0.25) is 0 Å². The van der Waals surface area contributed by atoms with E-state index in [0.717, 1.165) is 17.4 Å². The zero-order valence-corrected chi connectivity index (χ0v) is 8.32. The molecule has 1 heterocycles. The molecule has 1 aliphatic rings. The predicted octanol–water partition coefficient (Wildman–Crippen LogP) is 1.65. The van der Waals surface area contributed by atoms with Gasteiger partial charge in [-0.1, -0.05) is 22.6 Å². The van der Waals surface area contributed by atoms with Crippen molar-refractivity contribution in [2.45, 2.75) is 25.0 Å². The highest BCUT2D eigenvalue weighted by molar-refractivity contribution is 14.1. The van der Waals surface area contributed by atoms with Crippen LogP contribution in [0.15, 0.2) is 4.99 Å². The smallest absolute Gasteiger partial charge is 0.0931 e. The SMILES string of the molecule is N=CC1CCC(/C=N/CI)O1. The summed E-state index contributed by atoms with van der Waals surface area (Å²) >= 11 is 2.19. The van der Waals surface area contributed by atoms with Gasteiger partial charge >= 0.3 is 0 Å². The topological polar surface area (TPSA) is 45.4 Å². The Morgan fingerprint density at radius 1 is 1.55 bits per heavy atom. The lowest BCUT2D eigenvalue weighted by Gasteiger charge is -2.03. The van der Waals surface area contributed by atoms with E-state index < -0.39 is 0 Å². The van der Waals surface area contributed by atoms with Crippen molar-refractivity contribution in [2.75, 3.05) is 4.55 Å². The van der Waals surface area contributed by atoms with Crippen LogP contribution in [0, 0.1) is 5.41 Å². The fourth-order valence-corrected chi connectivity index (χ4v) is 1.31. The number of nitrogens with zero attached hydrogens (tertiary/aromatic N) is 1. The number of hydrogen-bond acceptors (Lipinski definition) is 3. The van der Waals surface area contributed by atoms with E-state index in [0.29, 0.717) is 0 Å². The molecule has 0 saturated carbocycles. The van der Waals surface area contributed by atoms with Crippen molar-refractivity contribution in [2.24, 2.45) is 4.99 Å². The Labute approximate surface area is 79.9 Å². The van der Waals surface area contributed by atoms with E-state index in [2.05, 4.69) is 27.6 Å². The normalized spacial score (nSPS) is 31.4. The zero-order valence-electron chi connectivity index (χ0n) is 6.16. The van der Waals surface area contributed by atoms with Gasteiger partial charge < -0.3 is 10.1 Å². The van der Waals surface area contributed by atoms with E-state index >= 15 is 0 Å².